The molecule has 0 heterocycles. The first-order valence-corrected chi connectivity index (χ1v) is 40.1. The highest BCUT2D eigenvalue weighted by atomic mass is 32.2. The van der Waals surface area contributed by atoms with Gasteiger partial charge in [-0.2, -0.15) is 0 Å². The summed E-state index contributed by atoms with van der Waals surface area (Å²) in [6.45, 7) is 27.4. The Morgan fingerprint density at radius 1 is 0.250 bits per heavy atom. The summed E-state index contributed by atoms with van der Waals surface area (Å²) in [6, 6.07) is 51.5. The molecule has 8 atom stereocenters. The minimum atomic E-state index is -3.51. The number of nitrogens with two attached hydrogens (primary N) is 4. The van der Waals surface area contributed by atoms with E-state index in [1.807, 2.05) is 149 Å². The smallest absolute Gasteiger partial charge is 0.240 e. The zero-order valence-electron chi connectivity index (χ0n) is 58.8. The van der Waals surface area contributed by atoms with Gasteiger partial charge in [-0.15, -0.1) is 0 Å². The molecular weight excluding hydrogens is 1280 g/mol. The van der Waals surface area contributed by atoms with E-state index in [9.17, 15) is 33.7 Å². The Kier molecular flexibility index (Phi) is 32.5. The average molecular weight is 1390 g/mol. The van der Waals surface area contributed by atoms with E-state index in [1.54, 1.807) is 48.5 Å². The SMILES string of the molecule is CC(C)[C@@H](CN)CC[C@@H](C)NS(=O)(=O)c1ccc2ccccc2c1.CC(C)[C@@H](CN)CC[C@H](C)NS(=O)(=O)c1ccc2ccccc2c1.CC(C)[C@H](CN)CC[C@@H](C)NS(=O)(=O)c1ccc2ccccc2c1.CC(C)[C@H](CN)CC[C@H](C)NS(=O)(=O)c1ccc2ccccc2c1. The summed E-state index contributed by atoms with van der Waals surface area (Å²) in [7, 11) is -14.0. The third kappa shape index (κ3) is 25.5. The van der Waals surface area contributed by atoms with Crippen LogP contribution in [0, 0.1) is 47.3 Å². The highest BCUT2D eigenvalue weighted by molar-refractivity contribution is 7.90. The van der Waals surface area contributed by atoms with Crippen LogP contribution in [-0.2, 0) is 40.1 Å². The van der Waals surface area contributed by atoms with Gasteiger partial charge in [0.25, 0.3) is 0 Å². The lowest BCUT2D eigenvalue weighted by molar-refractivity contribution is 0.346. The third-order valence-corrected chi connectivity index (χ3v) is 24.8. The van der Waals surface area contributed by atoms with Crippen LogP contribution in [0.2, 0.25) is 0 Å². The molecule has 0 saturated heterocycles. The topological polar surface area (TPSA) is 289 Å². The van der Waals surface area contributed by atoms with Crippen molar-refractivity contribution in [3.8, 4) is 0 Å². The average Bonchev–Trinajstić information content (AvgIpc) is 0.852. The fourth-order valence-corrected chi connectivity index (χ4v) is 16.9. The Labute approximate surface area is 576 Å². The van der Waals surface area contributed by atoms with Crippen LogP contribution < -0.4 is 41.8 Å². The molecule has 0 aliphatic heterocycles. The molecule has 12 N–H and O–H groups in total. The van der Waals surface area contributed by atoms with E-state index in [0.29, 0.717) is 93.1 Å². The Balaban J connectivity index is 0.000000231. The van der Waals surface area contributed by atoms with Crippen LogP contribution in [0.1, 0.15) is 134 Å². The number of benzene rings is 8. The maximum Gasteiger partial charge on any atom is 0.240 e. The lowest BCUT2D eigenvalue weighted by Gasteiger charge is -2.21. The van der Waals surface area contributed by atoms with E-state index < -0.39 is 40.1 Å². The molecule has 528 valence electrons. The van der Waals surface area contributed by atoms with Gasteiger partial charge in [0, 0.05) is 24.2 Å². The standard InChI is InChI=1S/4C19H28N2O2S/c4*1-14(2)18(13-20)9-8-15(3)21-24(22,23)19-11-10-16-6-4-5-7-17(16)12-19/h4*4-7,10-12,14-15,18,21H,8-9,13,20H2,1-3H3/t2*15-,18+;2*15-,18-/m1010/s1. The molecule has 0 aliphatic carbocycles. The van der Waals surface area contributed by atoms with Gasteiger partial charge in [0.15, 0.2) is 0 Å². The van der Waals surface area contributed by atoms with Gasteiger partial charge in [0.05, 0.1) is 19.6 Å². The third-order valence-electron chi connectivity index (χ3n) is 18.4. The fraction of sp³-hybridized carbons (Fsp3) is 0.474. The zero-order valence-corrected chi connectivity index (χ0v) is 62.1. The van der Waals surface area contributed by atoms with Gasteiger partial charge in [0.2, 0.25) is 40.1 Å². The number of nitrogens with one attached hydrogen (secondary N) is 4. The van der Waals surface area contributed by atoms with E-state index in [4.69, 9.17) is 22.9 Å². The van der Waals surface area contributed by atoms with Gasteiger partial charge in [-0.3, -0.25) is 0 Å². The second-order valence-electron chi connectivity index (χ2n) is 27.4. The van der Waals surface area contributed by atoms with Crippen molar-refractivity contribution in [2.24, 2.45) is 70.3 Å². The highest BCUT2D eigenvalue weighted by Crippen LogP contribution is 2.27. The molecule has 96 heavy (non-hydrogen) atoms. The van der Waals surface area contributed by atoms with Crippen molar-refractivity contribution < 1.29 is 33.7 Å². The number of fused-ring (bicyclic) bond motifs is 4. The Hall–Kier alpha value is -5.72. The van der Waals surface area contributed by atoms with Crippen molar-refractivity contribution in [3.05, 3.63) is 170 Å². The molecule has 8 rings (SSSR count). The van der Waals surface area contributed by atoms with Gasteiger partial charge >= 0.3 is 0 Å². The van der Waals surface area contributed by atoms with E-state index >= 15 is 0 Å². The van der Waals surface area contributed by atoms with Crippen LogP contribution >= 0.6 is 0 Å². The van der Waals surface area contributed by atoms with Crippen LogP contribution in [-0.4, -0.2) is 84.0 Å². The van der Waals surface area contributed by atoms with E-state index in [1.165, 1.54) is 0 Å². The summed E-state index contributed by atoms with van der Waals surface area (Å²) >= 11 is 0. The van der Waals surface area contributed by atoms with Crippen LogP contribution in [0.4, 0.5) is 0 Å². The van der Waals surface area contributed by atoms with Crippen molar-refractivity contribution in [1.29, 1.82) is 0 Å². The summed E-state index contributed by atoms with van der Waals surface area (Å²) in [5, 5.41) is 7.85. The predicted octanol–water partition coefficient (Wildman–Crippen LogP) is 14.1. The van der Waals surface area contributed by atoms with Crippen molar-refractivity contribution in [2.75, 3.05) is 26.2 Å². The summed E-state index contributed by atoms with van der Waals surface area (Å²) in [5.74, 6) is 3.77. The maximum atomic E-state index is 12.6. The summed E-state index contributed by atoms with van der Waals surface area (Å²) in [4.78, 5) is 1.25. The Morgan fingerprint density at radius 3 is 0.573 bits per heavy atom. The lowest BCUT2D eigenvalue weighted by atomic mass is 9.90. The normalized spacial score (nSPS) is 14.9. The first-order chi connectivity index (χ1) is 45.3. The second-order valence-corrected chi connectivity index (χ2v) is 34.2. The summed E-state index contributed by atoms with van der Waals surface area (Å²) < 4.78 is 112. The van der Waals surface area contributed by atoms with Crippen molar-refractivity contribution in [3.63, 3.8) is 0 Å². The Morgan fingerprint density at radius 2 is 0.417 bits per heavy atom. The lowest BCUT2D eigenvalue weighted by Crippen LogP contribution is -2.33. The first kappa shape index (κ1) is 81.0. The summed E-state index contributed by atoms with van der Waals surface area (Å²) in [5.41, 5.74) is 23.2. The molecule has 0 aliphatic rings. The molecule has 0 amide bonds. The molecular formula is C76H112N8O8S4. The quantitative estimate of drug-likeness (QED) is 0.0195. The number of sulfonamides is 4. The molecule has 0 spiro atoms. The first-order valence-electron chi connectivity index (χ1n) is 34.2. The van der Waals surface area contributed by atoms with Crippen LogP contribution in [0.5, 0.6) is 0 Å². The van der Waals surface area contributed by atoms with E-state index in [2.05, 4.69) is 74.3 Å². The van der Waals surface area contributed by atoms with Crippen LogP contribution in [0.15, 0.2) is 189 Å². The van der Waals surface area contributed by atoms with E-state index in [-0.39, 0.29) is 24.2 Å². The summed E-state index contributed by atoms with van der Waals surface area (Å²) in [6.07, 6.45) is 6.84. The largest absolute Gasteiger partial charge is 0.330 e. The predicted molar refractivity (Wildman–Crippen MR) is 401 cm³/mol. The van der Waals surface area contributed by atoms with Gasteiger partial charge in [0.1, 0.15) is 0 Å². The fourth-order valence-electron chi connectivity index (χ4n) is 11.7. The van der Waals surface area contributed by atoms with Crippen molar-refractivity contribution >= 4 is 83.2 Å². The van der Waals surface area contributed by atoms with E-state index in [0.717, 1.165) is 94.5 Å². The Bertz CT molecular complexity index is 3620. The van der Waals surface area contributed by atoms with Gasteiger partial charge in [-0.25, -0.2) is 52.6 Å². The van der Waals surface area contributed by atoms with Gasteiger partial charge in [-0.1, -0.05) is 177 Å². The molecule has 8 aromatic carbocycles. The zero-order chi connectivity index (χ0) is 71.0. The molecule has 0 saturated carbocycles. The van der Waals surface area contributed by atoms with Crippen molar-refractivity contribution in [1.82, 2.24) is 18.9 Å². The number of hydrogen-bond donors (Lipinski definition) is 8. The molecule has 0 unspecified atom stereocenters. The van der Waals surface area contributed by atoms with Crippen molar-refractivity contribution in [2.45, 2.75) is 178 Å². The molecule has 16 nitrogen and oxygen atoms in total. The minimum Gasteiger partial charge on any atom is -0.330 e. The molecule has 0 aromatic heterocycles. The molecule has 0 radical (unpaired) electrons. The van der Waals surface area contributed by atoms with Crippen LogP contribution in [0.3, 0.4) is 0 Å². The monoisotopic (exact) mass is 1390 g/mol. The molecule has 8 aromatic rings. The second kappa shape index (κ2) is 38.6. The van der Waals surface area contributed by atoms with Crippen LogP contribution in [0.25, 0.3) is 43.1 Å². The number of rotatable bonds is 32. The highest BCUT2D eigenvalue weighted by Gasteiger charge is 2.24. The molecule has 0 bridgehead atoms. The van der Waals surface area contributed by atoms with Gasteiger partial charge in [-0.05, 0) is 244 Å². The molecule has 20 heteroatoms. The van der Waals surface area contributed by atoms with Gasteiger partial charge < -0.3 is 22.9 Å². The minimum absolute atomic E-state index is 0.116. The number of hydrogen-bond acceptors (Lipinski definition) is 12. The molecule has 0 fully saturated rings. The maximum absolute atomic E-state index is 12.6.